The first-order chi connectivity index (χ1) is 14.8. The molecule has 1 saturated heterocycles. The van der Waals surface area contributed by atoms with Gasteiger partial charge in [-0.25, -0.2) is 9.78 Å². The average molecular weight is 422 g/mol. The predicted molar refractivity (Wildman–Crippen MR) is 122 cm³/mol. The van der Waals surface area contributed by atoms with Gasteiger partial charge in [0.2, 0.25) is 0 Å². The molecule has 3 heterocycles. The number of aromatic nitrogens is 1. The highest BCUT2D eigenvalue weighted by molar-refractivity contribution is 7.09. The molecule has 0 unspecified atom stereocenters. The molecule has 6 heteroatoms. The molecule has 0 amide bonds. The zero-order valence-electron chi connectivity index (χ0n) is 17.3. The summed E-state index contributed by atoms with van der Waals surface area (Å²) in [5.74, 6) is 0.438. The molecule has 1 aliphatic heterocycles. The first kappa shape index (κ1) is 20.6. The quantitative estimate of drug-likeness (QED) is 0.518. The largest absolute Gasteiger partial charge is 0.462 e. The van der Waals surface area contributed by atoms with E-state index >= 15 is 0 Å². The van der Waals surface area contributed by atoms with E-state index in [-0.39, 0.29) is 5.97 Å². The van der Waals surface area contributed by atoms with E-state index in [0.29, 0.717) is 12.2 Å². The summed E-state index contributed by atoms with van der Waals surface area (Å²) in [6.07, 6.45) is 2.59. The number of carbonyl (C=O) groups excluding carboxylic acids is 1. The second-order valence-electron chi connectivity index (χ2n) is 7.40. The first-order valence-electron chi connectivity index (χ1n) is 10.5. The van der Waals surface area contributed by atoms with E-state index in [9.17, 15) is 4.79 Å². The molecular formula is C24H27N3O2S. The van der Waals surface area contributed by atoms with Crippen molar-refractivity contribution < 1.29 is 9.53 Å². The predicted octanol–water partition coefficient (Wildman–Crippen LogP) is 4.70. The Labute approximate surface area is 181 Å². The Bertz CT molecular complexity index is 952. The van der Waals surface area contributed by atoms with Crippen molar-refractivity contribution in [3.8, 4) is 11.1 Å². The third kappa shape index (κ3) is 4.71. The van der Waals surface area contributed by atoms with Crippen LogP contribution in [-0.2, 0) is 11.3 Å². The monoisotopic (exact) mass is 421 g/mol. The van der Waals surface area contributed by atoms with Gasteiger partial charge in [-0.3, -0.25) is 4.90 Å². The molecule has 0 bridgehead atoms. The highest BCUT2D eigenvalue weighted by atomic mass is 32.1. The van der Waals surface area contributed by atoms with Gasteiger partial charge < -0.3 is 9.64 Å². The molecule has 0 N–H and O–H groups in total. The van der Waals surface area contributed by atoms with E-state index < -0.39 is 0 Å². The number of ether oxygens (including phenoxy) is 1. The molecule has 1 aromatic carbocycles. The summed E-state index contributed by atoms with van der Waals surface area (Å²) in [4.78, 5) is 23.7. The smallest absolute Gasteiger partial charge is 0.342 e. The Morgan fingerprint density at radius 3 is 2.57 bits per heavy atom. The fraction of sp³-hybridized carbons (Fsp3) is 0.333. The molecule has 5 nitrogen and oxygen atoms in total. The van der Waals surface area contributed by atoms with Crippen LogP contribution in [0.4, 0.5) is 5.82 Å². The van der Waals surface area contributed by atoms with Gasteiger partial charge in [-0.05, 0) is 29.5 Å². The number of benzene rings is 1. The Hall–Kier alpha value is -2.70. The Balaban J connectivity index is 1.59. The molecule has 0 spiro atoms. The van der Waals surface area contributed by atoms with Crippen LogP contribution in [0.1, 0.15) is 28.6 Å². The molecule has 4 rings (SSSR count). The molecule has 0 saturated carbocycles. The van der Waals surface area contributed by atoms with E-state index in [1.165, 1.54) is 4.88 Å². The van der Waals surface area contributed by atoms with Gasteiger partial charge in [-0.2, -0.15) is 0 Å². The number of hydrogen-bond donors (Lipinski definition) is 0. The normalized spacial score (nSPS) is 14.6. The van der Waals surface area contributed by atoms with Crippen molar-refractivity contribution >= 4 is 23.1 Å². The number of esters is 1. The highest BCUT2D eigenvalue weighted by Crippen LogP contribution is 2.31. The summed E-state index contributed by atoms with van der Waals surface area (Å²) < 4.78 is 5.55. The molecule has 3 aromatic rings. The van der Waals surface area contributed by atoms with Gasteiger partial charge >= 0.3 is 5.97 Å². The molecule has 0 atom stereocenters. The topological polar surface area (TPSA) is 45.7 Å². The summed E-state index contributed by atoms with van der Waals surface area (Å²) in [6.45, 7) is 6.96. The van der Waals surface area contributed by atoms with Crippen molar-refractivity contribution in [2.45, 2.75) is 19.9 Å². The van der Waals surface area contributed by atoms with Gasteiger partial charge in [0.25, 0.3) is 0 Å². The van der Waals surface area contributed by atoms with Crippen molar-refractivity contribution in [2.75, 3.05) is 37.7 Å². The first-order valence-corrected chi connectivity index (χ1v) is 11.4. The maximum atomic E-state index is 13.0. The summed E-state index contributed by atoms with van der Waals surface area (Å²) in [5.41, 5.74) is 2.45. The Morgan fingerprint density at radius 1 is 1.07 bits per heavy atom. The second kappa shape index (κ2) is 9.87. The van der Waals surface area contributed by atoms with Crippen LogP contribution in [0.5, 0.6) is 0 Å². The highest BCUT2D eigenvalue weighted by Gasteiger charge is 2.26. The van der Waals surface area contributed by atoms with Crippen molar-refractivity contribution in [3.05, 3.63) is 70.5 Å². The number of piperazine rings is 1. The lowest BCUT2D eigenvalue weighted by Crippen LogP contribution is -2.46. The third-order valence-corrected chi connectivity index (χ3v) is 6.15. The van der Waals surface area contributed by atoms with Crippen LogP contribution in [-0.4, -0.2) is 48.6 Å². The second-order valence-corrected chi connectivity index (χ2v) is 8.43. The SMILES string of the molecule is CCCOC(=O)c1c(-c2ccccc2)ccnc1N1CCN(Cc2cccs2)CC1. The van der Waals surface area contributed by atoms with Crippen molar-refractivity contribution in [1.29, 1.82) is 0 Å². The number of nitrogens with zero attached hydrogens (tertiary/aromatic N) is 3. The molecule has 2 aromatic heterocycles. The molecule has 1 fully saturated rings. The fourth-order valence-electron chi connectivity index (χ4n) is 3.76. The number of hydrogen-bond acceptors (Lipinski definition) is 6. The van der Waals surface area contributed by atoms with Gasteiger partial charge in [0.05, 0.1) is 6.61 Å². The molecule has 30 heavy (non-hydrogen) atoms. The zero-order chi connectivity index (χ0) is 20.8. The lowest BCUT2D eigenvalue weighted by atomic mass is 10.0. The van der Waals surface area contributed by atoms with Crippen LogP contribution in [0.3, 0.4) is 0 Å². The summed E-state index contributed by atoms with van der Waals surface area (Å²) in [5, 5.41) is 2.12. The van der Waals surface area contributed by atoms with Crippen molar-refractivity contribution in [1.82, 2.24) is 9.88 Å². The summed E-state index contributed by atoms with van der Waals surface area (Å²) >= 11 is 1.80. The molecule has 156 valence electrons. The maximum absolute atomic E-state index is 13.0. The van der Waals surface area contributed by atoms with Gasteiger partial charge in [0.15, 0.2) is 0 Å². The van der Waals surface area contributed by atoms with Crippen LogP contribution < -0.4 is 4.90 Å². The van der Waals surface area contributed by atoms with Crippen molar-refractivity contribution in [2.24, 2.45) is 0 Å². The standard InChI is InChI=1S/C24H27N3O2S/c1-2-16-29-24(28)22-21(19-7-4-3-5-8-19)10-11-25-23(22)27-14-12-26(13-15-27)18-20-9-6-17-30-20/h3-11,17H,2,12-16,18H2,1H3. The number of rotatable bonds is 7. The fourth-order valence-corrected chi connectivity index (χ4v) is 4.50. The van der Waals surface area contributed by atoms with E-state index in [2.05, 4.69) is 32.3 Å². The number of anilines is 1. The van der Waals surface area contributed by atoms with Crippen LogP contribution in [0.25, 0.3) is 11.1 Å². The number of carbonyl (C=O) groups is 1. The van der Waals surface area contributed by atoms with Gasteiger partial charge in [-0.15, -0.1) is 11.3 Å². The minimum atomic E-state index is -0.292. The van der Waals surface area contributed by atoms with E-state index in [4.69, 9.17) is 4.74 Å². The lowest BCUT2D eigenvalue weighted by molar-refractivity contribution is 0.0506. The van der Waals surface area contributed by atoms with Crippen LogP contribution >= 0.6 is 11.3 Å². The Morgan fingerprint density at radius 2 is 1.87 bits per heavy atom. The lowest BCUT2D eigenvalue weighted by Gasteiger charge is -2.36. The molecule has 0 radical (unpaired) electrons. The number of pyridine rings is 1. The third-order valence-electron chi connectivity index (χ3n) is 5.29. The minimum absolute atomic E-state index is 0.292. The van der Waals surface area contributed by atoms with Gasteiger partial charge in [-0.1, -0.05) is 43.3 Å². The van der Waals surface area contributed by atoms with E-state index in [1.54, 1.807) is 17.5 Å². The van der Waals surface area contributed by atoms with Gasteiger partial charge in [0, 0.05) is 49.4 Å². The number of thiophene rings is 1. The van der Waals surface area contributed by atoms with Crippen LogP contribution in [0, 0.1) is 0 Å². The van der Waals surface area contributed by atoms with Crippen molar-refractivity contribution in [3.63, 3.8) is 0 Å². The summed E-state index contributed by atoms with van der Waals surface area (Å²) in [7, 11) is 0. The molecule has 1 aliphatic rings. The average Bonchev–Trinajstić information content (AvgIpc) is 3.31. The van der Waals surface area contributed by atoms with Crippen LogP contribution in [0.15, 0.2) is 60.1 Å². The van der Waals surface area contributed by atoms with E-state index in [0.717, 1.165) is 56.1 Å². The summed E-state index contributed by atoms with van der Waals surface area (Å²) in [6, 6.07) is 16.2. The van der Waals surface area contributed by atoms with Crippen LogP contribution in [0.2, 0.25) is 0 Å². The van der Waals surface area contributed by atoms with E-state index in [1.807, 2.05) is 43.3 Å². The molecular weight excluding hydrogens is 394 g/mol. The molecule has 0 aliphatic carbocycles. The Kier molecular flexibility index (Phi) is 6.77. The minimum Gasteiger partial charge on any atom is -0.462 e. The zero-order valence-corrected chi connectivity index (χ0v) is 18.1. The van der Waals surface area contributed by atoms with Gasteiger partial charge in [0.1, 0.15) is 11.4 Å². The maximum Gasteiger partial charge on any atom is 0.342 e.